The van der Waals surface area contributed by atoms with E-state index in [4.69, 9.17) is 11.6 Å². The standard InChI is InChI=1S/C28H22ClFN4O3S2/c1-17-15-39-28(31-17)34-25(35)16-38-20-10-5-9-19(13-20)32-27(37)24(14-21-22(29)11-6-12-23(21)30)33-26(36)18-7-3-2-4-8-18/h2-15H,16H2,1H3,(H,32,37)(H,33,36)(H,31,34,35)/b24-14+. The third kappa shape index (κ3) is 8.00. The topological polar surface area (TPSA) is 100 Å². The largest absolute Gasteiger partial charge is 0.321 e. The smallest absolute Gasteiger partial charge is 0.272 e. The SMILES string of the molecule is Cc1csc(NC(=O)CSc2cccc(NC(=O)/C(=C\c3c(F)cccc3Cl)NC(=O)c3ccccc3)c2)n1. The van der Waals surface area contributed by atoms with Gasteiger partial charge in [0.05, 0.1) is 16.5 Å². The van der Waals surface area contributed by atoms with Gasteiger partial charge in [-0.15, -0.1) is 23.1 Å². The lowest BCUT2D eigenvalue weighted by Crippen LogP contribution is -2.30. The van der Waals surface area contributed by atoms with Crippen LogP contribution in [0.25, 0.3) is 6.08 Å². The highest BCUT2D eigenvalue weighted by Crippen LogP contribution is 2.24. The first kappa shape index (κ1) is 28.0. The number of aryl methyl sites for hydroxylation is 1. The first-order valence-corrected chi connectivity index (χ1v) is 13.8. The van der Waals surface area contributed by atoms with E-state index < -0.39 is 17.6 Å². The van der Waals surface area contributed by atoms with Gasteiger partial charge in [0.2, 0.25) is 5.91 Å². The number of carbonyl (C=O) groups is 3. The molecule has 0 saturated heterocycles. The van der Waals surface area contributed by atoms with Gasteiger partial charge in [-0.05, 0) is 55.5 Å². The van der Waals surface area contributed by atoms with Gasteiger partial charge in [0.15, 0.2) is 5.13 Å². The Kier molecular flexibility index (Phi) is 9.48. The number of halogens is 2. The average Bonchev–Trinajstić information content (AvgIpc) is 3.33. The molecular formula is C28H22ClFN4O3S2. The van der Waals surface area contributed by atoms with E-state index >= 15 is 0 Å². The highest BCUT2D eigenvalue weighted by Gasteiger charge is 2.17. The minimum Gasteiger partial charge on any atom is -0.321 e. The fourth-order valence-corrected chi connectivity index (χ4v) is 4.99. The molecule has 4 rings (SSSR count). The third-order valence-corrected chi connectivity index (χ3v) is 7.34. The van der Waals surface area contributed by atoms with Gasteiger partial charge in [0.1, 0.15) is 11.5 Å². The molecule has 1 heterocycles. The van der Waals surface area contributed by atoms with Crippen molar-refractivity contribution in [2.45, 2.75) is 11.8 Å². The van der Waals surface area contributed by atoms with Crippen LogP contribution in [-0.4, -0.2) is 28.5 Å². The van der Waals surface area contributed by atoms with E-state index in [1.165, 1.54) is 47.4 Å². The quantitative estimate of drug-likeness (QED) is 0.157. The van der Waals surface area contributed by atoms with Crippen LogP contribution in [0.4, 0.5) is 15.2 Å². The number of thiazole rings is 1. The van der Waals surface area contributed by atoms with Crippen molar-refractivity contribution >= 4 is 69.3 Å². The molecular weight excluding hydrogens is 559 g/mol. The van der Waals surface area contributed by atoms with Crippen molar-refractivity contribution in [2.75, 3.05) is 16.4 Å². The van der Waals surface area contributed by atoms with Crippen molar-refractivity contribution < 1.29 is 18.8 Å². The molecule has 198 valence electrons. The molecule has 4 aromatic rings. The number of carbonyl (C=O) groups excluding carboxylic acids is 3. The van der Waals surface area contributed by atoms with E-state index in [1.54, 1.807) is 54.6 Å². The molecule has 0 fully saturated rings. The molecule has 3 N–H and O–H groups in total. The van der Waals surface area contributed by atoms with Crippen LogP contribution in [0.3, 0.4) is 0 Å². The van der Waals surface area contributed by atoms with Crippen LogP contribution in [0.15, 0.2) is 88.8 Å². The number of thioether (sulfide) groups is 1. The number of nitrogens with one attached hydrogen (secondary N) is 3. The molecule has 0 saturated carbocycles. The van der Waals surface area contributed by atoms with Crippen LogP contribution in [-0.2, 0) is 9.59 Å². The van der Waals surface area contributed by atoms with Crippen LogP contribution in [0.1, 0.15) is 21.6 Å². The molecule has 0 atom stereocenters. The predicted molar refractivity (Wildman–Crippen MR) is 155 cm³/mol. The van der Waals surface area contributed by atoms with E-state index in [1.807, 2.05) is 12.3 Å². The number of rotatable bonds is 9. The highest BCUT2D eigenvalue weighted by atomic mass is 35.5. The van der Waals surface area contributed by atoms with Crippen molar-refractivity contribution in [1.82, 2.24) is 10.3 Å². The number of amides is 3. The fraction of sp³-hybridized carbons (Fsp3) is 0.0714. The summed E-state index contributed by atoms with van der Waals surface area (Å²) >= 11 is 8.79. The highest BCUT2D eigenvalue weighted by molar-refractivity contribution is 8.00. The normalized spacial score (nSPS) is 11.1. The lowest BCUT2D eigenvalue weighted by atomic mass is 10.1. The lowest BCUT2D eigenvalue weighted by Gasteiger charge is -2.13. The van der Waals surface area contributed by atoms with Gasteiger partial charge in [-0.2, -0.15) is 0 Å². The van der Waals surface area contributed by atoms with Crippen molar-refractivity contribution in [1.29, 1.82) is 0 Å². The Morgan fingerprint density at radius 1 is 1.03 bits per heavy atom. The first-order valence-electron chi connectivity index (χ1n) is 11.6. The van der Waals surface area contributed by atoms with Crippen LogP contribution >= 0.6 is 34.7 Å². The summed E-state index contributed by atoms with van der Waals surface area (Å²) in [5.41, 5.74) is 1.33. The van der Waals surface area contributed by atoms with Gasteiger partial charge in [0, 0.05) is 27.1 Å². The van der Waals surface area contributed by atoms with Crippen LogP contribution < -0.4 is 16.0 Å². The maximum Gasteiger partial charge on any atom is 0.272 e. The average molecular weight is 581 g/mol. The summed E-state index contributed by atoms with van der Waals surface area (Å²) < 4.78 is 14.5. The Morgan fingerprint density at radius 3 is 2.51 bits per heavy atom. The van der Waals surface area contributed by atoms with Gasteiger partial charge < -0.3 is 16.0 Å². The van der Waals surface area contributed by atoms with Crippen LogP contribution in [0, 0.1) is 12.7 Å². The number of aromatic nitrogens is 1. The zero-order valence-electron chi connectivity index (χ0n) is 20.5. The molecule has 0 aliphatic heterocycles. The summed E-state index contributed by atoms with van der Waals surface area (Å²) in [7, 11) is 0. The summed E-state index contributed by atoms with van der Waals surface area (Å²) in [6.07, 6.45) is 1.19. The van der Waals surface area contributed by atoms with Crippen molar-refractivity contribution in [3.63, 3.8) is 0 Å². The summed E-state index contributed by atoms with van der Waals surface area (Å²) in [5, 5.41) is 10.5. The van der Waals surface area contributed by atoms with Gasteiger partial charge in [0.25, 0.3) is 11.8 Å². The molecule has 0 radical (unpaired) electrons. The molecule has 3 aromatic carbocycles. The first-order chi connectivity index (χ1) is 18.8. The third-order valence-electron chi connectivity index (χ3n) is 5.14. The summed E-state index contributed by atoms with van der Waals surface area (Å²) in [4.78, 5) is 43.3. The van der Waals surface area contributed by atoms with E-state index in [0.29, 0.717) is 16.4 Å². The number of anilines is 2. The monoisotopic (exact) mass is 580 g/mol. The Hall–Kier alpha value is -3.99. The maximum atomic E-state index is 14.5. The molecule has 0 spiro atoms. The van der Waals surface area contributed by atoms with Gasteiger partial charge >= 0.3 is 0 Å². The Bertz CT molecular complexity index is 1520. The van der Waals surface area contributed by atoms with E-state index in [9.17, 15) is 18.8 Å². The summed E-state index contributed by atoms with van der Waals surface area (Å²) in [6.45, 7) is 1.85. The Morgan fingerprint density at radius 2 is 1.79 bits per heavy atom. The van der Waals surface area contributed by atoms with Gasteiger partial charge in [-0.3, -0.25) is 14.4 Å². The van der Waals surface area contributed by atoms with E-state index in [-0.39, 0.29) is 27.9 Å². The second kappa shape index (κ2) is 13.2. The number of benzene rings is 3. The lowest BCUT2D eigenvalue weighted by molar-refractivity contribution is -0.114. The predicted octanol–water partition coefficient (Wildman–Crippen LogP) is 6.38. The van der Waals surface area contributed by atoms with Crippen LogP contribution in [0.5, 0.6) is 0 Å². The zero-order chi connectivity index (χ0) is 27.8. The molecule has 7 nitrogen and oxygen atoms in total. The molecule has 0 bridgehead atoms. The zero-order valence-corrected chi connectivity index (χ0v) is 22.9. The minimum atomic E-state index is -0.683. The van der Waals surface area contributed by atoms with Crippen molar-refractivity contribution in [3.8, 4) is 0 Å². The van der Waals surface area contributed by atoms with Crippen molar-refractivity contribution in [3.05, 3.63) is 112 Å². The summed E-state index contributed by atoms with van der Waals surface area (Å²) in [5.74, 6) is -1.95. The molecule has 39 heavy (non-hydrogen) atoms. The molecule has 1 aromatic heterocycles. The Balaban J connectivity index is 1.49. The van der Waals surface area contributed by atoms with Gasteiger partial charge in [-0.1, -0.05) is 41.9 Å². The van der Waals surface area contributed by atoms with Crippen molar-refractivity contribution in [2.24, 2.45) is 0 Å². The van der Waals surface area contributed by atoms with E-state index in [2.05, 4.69) is 20.9 Å². The summed E-state index contributed by atoms with van der Waals surface area (Å²) in [6, 6.07) is 19.3. The number of nitrogens with zero attached hydrogens (tertiary/aromatic N) is 1. The fourth-order valence-electron chi connectivity index (χ4n) is 3.31. The minimum absolute atomic E-state index is 0.0385. The Labute approximate surface area is 237 Å². The second-order valence-corrected chi connectivity index (χ2v) is 10.4. The number of hydrogen-bond donors (Lipinski definition) is 3. The van der Waals surface area contributed by atoms with E-state index in [0.717, 1.165) is 10.6 Å². The molecule has 0 aliphatic rings. The number of hydrogen-bond acceptors (Lipinski definition) is 6. The molecule has 0 aliphatic carbocycles. The second-order valence-electron chi connectivity index (χ2n) is 8.13. The van der Waals surface area contributed by atoms with Crippen LogP contribution in [0.2, 0.25) is 5.02 Å². The van der Waals surface area contributed by atoms with Gasteiger partial charge in [-0.25, -0.2) is 9.37 Å². The molecule has 0 unspecified atom stereocenters. The molecule has 3 amide bonds. The molecule has 11 heteroatoms. The maximum absolute atomic E-state index is 14.5.